The fourth-order valence-corrected chi connectivity index (χ4v) is 17.7. The highest BCUT2D eigenvalue weighted by atomic mass is 35.5. The molecule has 2 fully saturated rings. The number of amides is 3. The molecule has 51 heavy (non-hydrogen) atoms. The Labute approximate surface area is 302 Å². The van der Waals surface area contributed by atoms with E-state index in [0.717, 1.165) is 0 Å². The van der Waals surface area contributed by atoms with Gasteiger partial charge >= 0.3 is 35.4 Å². The number of imidazole rings is 1. The van der Waals surface area contributed by atoms with Crippen LogP contribution in [0.3, 0.4) is 0 Å². The average Bonchev–Trinajstić information content (AvgIpc) is 3.52. The molecule has 284 valence electrons. The van der Waals surface area contributed by atoms with Gasteiger partial charge in [-0.3, -0.25) is 4.57 Å². The molecule has 4 heterocycles. The Kier molecular flexibility index (Phi) is 13.1. The van der Waals surface area contributed by atoms with Gasteiger partial charge in [0.25, 0.3) is 0 Å². The zero-order valence-electron chi connectivity index (χ0n) is 30.6. The van der Waals surface area contributed by atoms with Crippen molar-refractivity contribution in [2.75, 3.05) is 11.5 Å². The number of anilines is 1. The average molecular weight is 774 g/mol. The van der Waals surface area contributed by atoms with Crippen LogP contribution in [0.25, 0.3) is 21.6 Å². The van der Waals surface area contributed by atoms with Crippen LogP contribution < -0.4 is 10.6 Å². The quantitative estimate of drug-likeness (QED) is 0.0838. The van der Waals surface area contributed by atoms with Crippen molar-refractivity contribution in [3.63, 3.8) is 0 Å². The number of hydrogen-bond acceptors (Lipinski definition) is 12. The van der Waals surface area contributed by atoms with Crippen molar-refractivity contribution < 1.29 is 47.0 Å². The molecule has 19 nitrogen and oxygen atoms in total. The van der Waals surface area contributed by atoms with Crippen molar-refractivity contribution in [1.29, 1.82) is 0 Å². The zero-order chi connectivity index (χ0) is 38.8. The normalized spacial score (nSPS) is 22.8. The van der Waals surface area contributed by atoms with Crippen LogP contribution >= 0.6 is 11.6 Å². The van der Waals surface area contributed by atoms with Gasteiger partial charge in [0, 0.05) is 4.91 Å². The van der Waals surface area contributed by atoms with Gasteiger partial charge in [-0.25, -0.2) is 19.4 Å². The van der Waals surface area contributed by atoms with E-state index in [-0.39, 0.29) is 45.2 Å². The first kappa shape index (κ1) is 41.9. The Balaban J connectivity index is 0.00000166. The van der Waals surface area contributed by atoms with Crippen LogP contribution in [0.5, 0.6) is 0 Å². The summed E-state index contributed by atoms with van der Waals surface area (Å²) in [7, 11) is -5.99. The maximum absolute atomic E-state index is 13.0. The van der Waals surface area contributed by atoms with Crippen LogP contribution in [-0.2, 0) is 22.4 Å². The summed E-state index contributed by atoms with van der Waals surface area (Å²) in [5.74, 6) is -0.409. The van der Waals surface area contributed by atoms with Crippen molar-refractivity contribution in [2.24, 2.45) is 10.8 Å². The molecule has 2 saturated heterocycles. The number of carbonyl (C=O) groups is 3. The fourth-order valence-electron chi connectivity index (χ4n) is 6.33. The first-order valence-corrected chi connectivity index (χ1v) is 20.7. The molecule has 4 rings (SSSR count). The Morgan fingerprint density at radius 1 is 1.08 bits per heavy atom. The van der Waals surface area contributed by atoms with Gasteiger partial charge in [-0.2, -0.15) is 14.9 Å². The first-order valence-electron chi connectivity index (χ1n) is 16.4. The Bertz CT molecular complexity index is 1630. The molecule has 0 bridgehead atoms. The predicted molar refractivity (Wildman–Crippen MR) is 190 cm³/mol. The molecule has 0 aromatic carbocycles. The van der Waals surface area contributed by atoms with Crippen LogP contribution in [0, 0.1) is 0 Å². The summed E-state index contributed by atoms with van der Waals surface area (Å²) >= 11 is 6.30. The van der Waals surface area contributed by atoms with E-state index in [2.05, 4.69) is 86.1 Å². The molecule has 2 aliphatic heterocycles. The molecular weight excluding hydrogens is 726 g/mol. The van der Waals surface area contributed by atoms with Crippen molar-refractivity contribution in [2.45, 2.75) is 128 Å². The van der Waals surface area contributed by atoms with Crippen LogP contribution in [-0.4, -0.2) is 95.6 Å². The zero-order valence-corrected chi connectivity index (χ0v) is 33.4. The maximum Gasteiger partial charge on any atom is 0.425 e. The minimum atomic E-state index is -3.11. The van der Waals surface area contributed by atoms with Gasteiger partial charge in [0.15, 0.2) is 17.0 Å². The third-order valence-electron chi connectivity index (χ3n) is 8.45. The van der Waals surface area contributed by atoms with E-state index in [0.29, 0.717) is 4.90 Å². The van der Waals surface area contributed by atoms with Gasteiger partial charge in [-0.15, -0.1) is 0 Å². The number of primary amides is 1. The number of fused-ring (bicyclic) bond motifs is 2. The largest absolute Gasteiger partial charge is 0.465 e. The molecule has 3 amide bonds. The third-order valence-corrected chi connectivity index (χ3v) is 18.9. The van der Waals surface area contributed by atoms with Gasteiger partial charge in [0.1, 0.15) is 24.0 Å². The summed E-state index contributed by atoms with van der Waals surface area (Å²) in [4.78, 5) is 50.2. The van der Waals surface area contributed by atoms with Gasteiger partial charge in [-0.1, -0.05) is 60.5 Å². The number of nitrogens with zero attached hydrogens (tertiary/aromatic N) is 8. The number of carboxylic acid groups (broad SMARTS) is 2. The van der Waals surface area contributed by atoms with Crippen molar-refractivity contribution in [1.82, 2.24) is 19.5 Å². The van der Waals surface area contributed by atoms with E-state index in [4.69, 9.17) is 43.9 Å². The van der Waals surface area contributed by atoms with E-state index in [1.807, 2.05) is 0 Å². The number of rotatable bonds is 7. The Morgan fingerprint density at radius 2 is 1.63 bits per heavy atom. The van der Waals surface area contributed by atoms with Crippen LogP contribution in [0.15, 0.2) is 11.4 Å². The molecule has 4 N–H and O–H groups in total. The smallest absolute Gasteiger partial charge is 0.425 e. The third kappa shape index (κ3) is 8.74. The molecular formula is C29H48ClN9O10Si2. The minimum Gasteiger partial charge on any atom is -0.465 e. The number of imide groups is 1. The number of hydrogen-bond donors (Lipinski definition) is 3. The SMILES string of the molecule is CC(C)[Si]1(C(C)C)OC[C@H]2O[C@@H](n3cnc4c(N(C(=O)O)C(=O)OC(C)(C)C)nc(Cl)nc43)[C@H](N=[N+]=[N-])[C@@H]2O[Si](C(C)C)(C(C)C)O1.NC(=O)O. The van der Waals surface area contributed by atoms with E-state index in [1.165, 1.54) is 10.9 Å². The summed E-state index contributed by atoms with van der Waals surface area (Å²) in [6.07, 6.45) is -5.30. The molecule has 0 saturated carbocycles. The summed E-state index contributed by atoms with van der Waals surface area (Å²) in [6, 6.07) is -0.940. The predicted octanol–water partition coefficient (Wildman–Crippen LogP) is 7.06. The van der Waals surface area contributed by atoms with Gasteiger partial charge in [0.05, 0.1) is 19.0 Å². The maximum atomic E-state index is 13.0. The van der Waals surface area contributed by atoms with Crippen LogP contribution in [0.2, 0.25) is 27.4 Å². The minimum absolute atomic E-state index is 0.0121. The highest BCUT2D eigenvalue weighted by Crippen LogP contribution is 2.49. The van der Waals surface area contributed by atoms with Crippen LogP contribution in [0.1, 0.15) is 82.4 Å². The molecule has 2 aromatic heterocycles. The lowest BCUT2D eigenvalue weighted by Crippen LogP contribution is -2.65. The summed E-state index contributed by atoms with van der Waals surface area (Å²) in [5.41, 5.74) is 13.0. The van der Waals surface area contributed by atoms with E-state index in [9.17, 15) is 20.2 Å². The van der Waals surface area contributed by atoms with Crippen molar-refractivity contribution in [3.8, 4) is 0 Å². The second-order valence-electron chi connectivity index (χ2n) is 14.4. The van der Waals surface area contributed by atoms with Gasteiger partial charge in [0.2, 0.25) is 5.28 Å². The number of ether oxygens (including phenoxy) is 2. The van der Waals surface area contributed by atoms with Crippen molar-refractivity contribution >= 4 is 64.0 Å². The van der Waals surface area contributed by atoms with Gasteiger partial charge < -0.3 is 38.4 Å². The first-order chi connectivity index (χ1) is 23.5. The highest BCUT2D eigenvalue weighted by Gasteiger charge is 2.62. The topological polar surface area (TPSA) is 259 Å². The Hall–Kier alpha value is -3.57. The van der Waals surface area contributed by atoms with E-state index >= 15 is 0 Å². The summed E-state index contributed by atoms with van der Waals surface area (Å²) in [6.45, 7) is 21.7. The number of azide groups is 1. The lowest BCUT2D eigenvalue weighted by atomic mass is 10.1. The molecule has 22 heteroatoms. The fraction of sp³-hybridized carbons (Fsp3) is 0.724. The Morgan fingerprint density at radius 3 is 2.10 bits per heavy atom. The molecule has 0 unspecified atom stereocenters. The van der Waals surface area contributed by atoms with E-state index in [1.54, 1.807) is 20.8 Å². The molecule has 0 spiro atoms. The lowest BCUT2D eigenvalue weighted by molar-refractivity contribution is -0.0546. The number of halogens is 1. The standard InChI is InChI=1S/C28H45ClN8O8Si2.CH3NO2/c1-14(2)46(15(3)4)41-12-18-21(44-47(45-46,16(5)6)17(7)8)19(34-35-30)24(42-18)36-13-31-20-22(36)32-25(29)33-23(20)37(26(38)39)27(40)43-28(9,10)11;2-1(3)4/h13-19,21,24H,12H2,1-11H3,(H,38,39);2H2,(H,3,4)/t18-,19-,21-,24-;/m1./s1. The summed E-state index contributed by atoms with van der Waals surface area (Å²) < 4.78 is 34.6. The van der Waals surface area contributed by atoms with Crippen LogP contribution in [0.4, 0.5) is 20.2 Å². The van der Waals surface area contributed by atoms with Gasteiger partial charge in [-0.05, 0) is 60.1 Å². The summed E-state index contributed by atoms with van der Waals surface area (Å²) in [5, 5.41) is 21.0. The molecule has 0 aliphatic carbocycles. The molecule has 2 aliphatic rings. The number of carbonyl (C=O) groups excluding carboxylic acids is 1. The molecule has 2 aromatic rings. The number of aromatic nitrogens is 4. The van der Waals surface area contributed by atoms with Crippen molar-refractivity contribution in [3.05, 3.63) is 22.1 Å². The van der Waals surface area contributed by atoms with E-state index < -0.39 is 71.3 Å². The second-order valence-corrected chi connectivity index (χ2v) is 23.6. The molecule has 4 atom stereocenters. The highest BCUT2D eigenvalue weighted by molar-refractivity contribution is 6.84. The lowest BCUT2D eigenvalue weighted by Gasteiger charge is -2.51. The number of nitrogens with two attached hydrogens (primary N) is 1. The molecule has 0 radical (unpaired) electrons. The second kappa shape index (κ2) is 16.0. The monoisotopic (exact) mass is 773 g/mol.